The highest BCUT2D eigenvalue weighted by atomic mass is 16.5. The van der Waals surface area contributed by atoms with Crippen molar-refractivity contribution in [2.24, 2.45) is 0 Å². The van der Waals surface area contributed by atoms with E-state index in [1.54, 1.807) is 12.5 Å². The number of nitrogens with zero attached hydrogens (tertiary/aromatic N) is 5. The van der Waals surface area contributed by atoms with Gasteiger partial charge < -0.3 is 14.6 Å². The van der Waals surface area contributed by atoms with Crippen LogP contribution >= 0.6 is 0 Å². The van der Waals surface area contributed by atoms with Gasteiger partial charge in [0.05, 0.1) is 6.54 Å². The van der Waals surface area contributed by atoms with E-state index in [1.807, 2.05) is 6.07 Å². The molecule has 0 aliphatic carbocycles. The normalized spacial score (nSPS) is 20.6. The number of piperidine rings is 1. The number of anilines is 1. The standard InChI is InChI=1S/C17H24N6O2/c1-6-18-12-19-15(1)20-14-2-7-23(8-3-14)11-16-21-17(25-22-16)13-4-9-24-10-5-13/h1,6,12-14H,2-5,7-11H2,(H,18,19,20). The van der Waals surface area contributed by atoms with Crippen molar-refractivity contribution in [3.8, 4) is 0 Å². The monoisotopic (exact) mass is 344 g/mol. The largest absolute Gasteiger partial charge is 0.381 e. The Bertz CT molecular complexity index is 650. The van der Waals surface area contributed by atoms with Gasteiger partial charge in [0.15, 0.2) is 5.82 Å². The Hall–Kier alpha value is -2.06. The quantitative estimate of drug-likeness (QED) is 0.879. The predicted molar refractivity (Wildman–Crippen MR) is 91.0 cm³/mol. The number of ether oxygens (including phenoxy) is 1. The number of aromatic nitrogens is 4. The molecule has 25 heavy (non-hydrogen) atoms. The van der Waals surface area contributed by atoms with E-state index in [4.69, 9.17) is 9.26 Å². The van der Waals surface area contributed by atoms with E-state index in [0.717, 1.165) is 76.1 Å². The fourth-order valence-corrected chi connectivity index (χ4v) is 3.46. The molecule has 0 saturated carbocycles. The van der Waals surface area contributed by atoms with Crippen molar-refractivity contribution < 1.29 is 9.26 Å². The van der Waals surface area contributed by atoms with E-state index in [1.165, 1.54) is 0 Å². The average Bonchev–Trinajstić information content (AvgIpc) is 3.14. The topological polar surface area (TPSA) is 89.2 Å². The third-order valence-corrected chi connectivity index (χ3v) is 4.94. The molecule has 1 N–H and O–H groups in total. The summed E-state index contributed by atoms with van der Waals surface area (Å²) >= 11 is 0. The van der Waals surface area contributed by atoms with Crippen LogP contribution in [0.3, 0.4) is 0 Å². The molecular weight excluding hydrogens is 320 g/mol. The van der Waals surface area contributed by atoms with Crippen molar-refractivity contribution in [1.82, 2.24) is 25.0 Å². The molecule has 134 valence electrons. The van der Waals surface area contributed by atoms with Crippen molar-refractivity contribution in [1.29, 1.82) is 0 Å². The summed E-state index contributed by atoms with van der Waals surface area (Å²) in [4.78, 5) is 15.2. The third-order valence-electron chi connectivity index (χ3n) is 4.94. The van der Waals surface area contributed by atoms with Crippen LogP contribution < -0.4 is 5.32 Å². The van der Waals surface area contributed by atoms with E-state index in [9.17, 15) is 0 Å². The van der Waals surface area contributed by atoms with E-state index < -0.39 is 0 Å². The van der Waals surface area contributed by atoms with Gasteiger partial charge in [-0.05, 0) is 31.7 Å². The number of hydrogen-bond donors (Lipinski definition) is 1. The van der Waals surface area contributed by atoms with Crippen LogP contribution in [0, 0.1) is 0 Å². The van der Waals surface area contributed by atoms with Crippen LogP contribution in [0.15, 0.2) is 23.1 Å². The van der Waals surface area contributed by atoms with Crippen molar-refractivity contribution >= 4 is 5.82 Å². The number of rotatable bonds is 5. The molecule has 2 aromatic heterocycles. The molecule has 2 fully saturated rings. The van der Waals surface area contributed by atoms with Crippen LogP contribution in [0.4, 0.5) is 5.82 Å². The lowest BCUT2D eigenvalue weighted by Crippen LogP contribution is -2.39. The Kier molecular flexibility index (Phi) is 5.17. The summed E-state index contributed by atoms with van der Waals surface area (Å²) in [6.45, 7) is 4.37. The fourth-order valence-electron chi connectivity index (χ4n) is 3.46. The summed E-state index contributed by atoms with van der Waals surface area (Å²) < 4.78 is 10.9. The molecule has 0 atom stereocenters. The minimum Gasteiger partial charge on any atom is -0.381 e. The van der Waals surface area contributed by atoms with Gasteiger partial charge in [-0.1, -0.05) is 5.16 Å². The molecule has 2 aliphatic rings. The lowest BCUT2D eigenvalue weighted by atomic mass is 10.0. The number of likely N-dealkylation sites (tertiary alicyclic amines) is 1. The summed E-state index contributed by atoms with van der Waals surface area (Å²) in [5, 5.41) is 7.64. The molecule has 0 bridgehead atoms. The van der Waals surface area contributed by atoms with Crippen molar-refractivity contribution in [3.63, 3.8) is 0 Å². The first kappa shape index (κ1) is 16.4. The highest BCUT2D eigenvalue weighted by molar-refractivity contribution is 5.33. The average molecular weight is 344 g/mol. The Morgan fingerprint density at radius 1 is 1.16 bits per heavy atom. The molecule has 4 rings (SSSR count). The molecule has 0 unspecified atom stereocenters. The van der Waals surface area contributed by atoms with Crippen LogP contribution in [-0.2, 0) is 11.3 Å². The Morgan fingerprint density at radius 3 is 2.76 bits per heavy atom. The second kappa shape index (κ2) is 7.88. The van der Waals surface area contributed by atoms with Crippen molar-refractivity contribution in [2.75, 3.05) is 31.6 Å². The summed E-state index contributed by atoms with van der Waals surface area (Å²) in [5.74, 6) is 2.83. The first-order valence-electron chi connectivity index (χ1n) is 9.02. The SMILES string of the molecule is c1cc(NC2CCN(Cc3noc(C4CCOCC4)n3)CC2)ncn1. The minimum absolute atomic E-state index is 0.359. The van der Waals surface area contributed by atoms with Crippen LogP contribution in [-0.4, -0.2) is 57.4 Å². The molecule has 0 aromatic carbocycles. The van der Waals surface area contributed by atoms with Crippen LogP contribution in [0.5, 0.6) is 0 Å². The van der Waals surface area contributed by atoms with Gasteiger partial charge in [0.1, 0.15) is 12.1 Å². The molecule has 4 heterocycles. The maximum Gasteiger partial charge on any atom is 0.229 e. The van der Waals surface area contributed by atoms with Gasteiger partial charge >= 0.3 is 0 Å². The highest BCUT2D eigenvalue weighted by Gasteiger charge is 2.24. The van der Waals surface area contributed by atoms with E-state index in [-0.39, 0.29) is 0 Å². The molecule has 8 nitrogen and oxygen atoms in total. The summed E-state index contributed by atoms with van der Waals surface area (Å²) in [6.07, 6.45) is 7.44. The maximum absolute atomic E-state index is 5.48. The molecule has 2 aliphatic heterocycles. The van der Waals surface area contributed by atoms with Crippen molar-refractivity contribution in [3.05, 3.63) is 30.3 Å². The zero-order valence-electron chi connectivity index (χ0n) is 14.3. The van der Waals surface area contributed by atoms with Gasteiger partial charge in [0, 0.05) is 44.5 Å². The molecule has 8 heteroatoms. The fraction of sp³-hybridized carbons (Fsp3) is 0.647. The first-order valence-corrected chi connectivity index (χ1v) is 9.02. The van der Waals surface area contributed by atoms with Gasteiger partial charge in [-0.25, -0.2) is 9.97 Å². The Balaban J connectivity index is 1.25. The predicted octanol–water partition coefficient (Wildman–Crippen LogP) is 1.83. The molecule has 0 amide bonds. The summed E-state index contributed by atoms with van der Waals surface area (Å²) in [6, 6.07) is 2.36. The molecule has 0 spiro atoms. The van der Waals surface area contributed by atoms with Gasteiger partial charge in [0.2, 0.25) is 5.89 Å². The summed E-state index contributed by atoms with van der Waals surface area (Å²) in [7, 11) is 0. The lowest BCUT2D eigenvalue weighted by molar-refractivity contribution is 0.0778. The Morgan fingerprint density at radius 2 is 2.00 bits per heavy atom. The second-order valence-corrected chi connectivity index (χ2v) is 6.72. The second-order valence-electron chi connectivity index (χ2n) is 6.72. The number of nitrogens with one attached hydrogen (secondary N) is 1. The van der Waals surface area contributed by atoms with Crippen LogP contribution in [0.1, 0.15) is 43.3 Å². The summed E-state index contributed by atoms with van der Waals surface area (Å²) in [5.41, 5.74) is 0. The highest BCUT2D eigenvalue weighted by Crippen LogP contribution is 2.25. The molecule has 0 radical (unpaired) electrons. The van der Waals surface area contributed by atoms with Gasteiger partial charge in [0.25, 0.3) is 0 Å². The van der Waals surface area contributed by atoms with Crippen LogP contribution in [0.2, 0.25) is 0 Å². The molecular formula is C17H24N6O2. The van der Waals surface area contributed by atoms with E-state index in [0.29, 0.717) is 12.0 Å². The Labute approximate surface area is 147 Å². The van der Waals surface area contributed by atoms with Gasteiger partial charge in [-0.2, -0.15) is 4.98 Å². The van der Waals surface area contributed by atoms with Gasteiger partial charge in [-0.3, -0.25) is 4.90 Å². The number of hydrogen-bond acceptors (Lipinski definition) is 8. The third kappa shape index (κ3) is 4.32. The maximum atomic E-state index is 5.48. The first-order chi connectivity index (χ1) is 12.4. The zero-order valence-corrected chi connectivity index (χ0v) is 14.3. The molecule has 2 saturated heterocycles. The van der Waals surface area contributed by atoms with E-state index >= 15 is 0 Å². The lowest BCUT2D eigenvalue weighted by Gasteiger charge is -2.31. The zero-order chi connectivity index (χ0) is 16.9. The minimum atomic E-state index is 0.359. The van der Waals surface area contributed by atoms with Crippen LogP contribution in [0.25, 0.3) is 0 Å². The smallest absolute Gasteiger partial charge is 0.229 e. The van der Waals surface area contributed by atoms with Gasteiger partial charge in [-0.15, -0.1) is 0 Å². The van der Waals surface area contributed by atoms with E-state index in [2.05, 4.69) is 30.3 Å². The van der Waals surface area contributed by atoms with Crippen molar-refractivity contribution in [2.45, 2.75) is 44.2 Å². The molecule has 2 aromatic rings.